The van der Waals surface area contributed by atoms with Gasteiger partial charge in [-0.15, -0.1) is 0 Å². The number of aryl methyl sites for hydroxylation is 2. The first-order valence-corrected chi connectivity index (χ1v) is 11.2. The van der Waals surface area contributed by atoms with Crippen molar-refractivity contribution in [2.45, 2.75) is 25.3 Å². The average molecular weight is 443 g/mol. The minimum atomic E-state index is -3.91. The van der Waals surface area contributed by atoms with Crippen molar-refractivity contribution in [3.63, 3.8) is 0 Å². The molecule has 0 spiro atoms. The Balaban J connectivity index is 1.87. The van der Waals surface area contributed by atoms with Crippen LogP contribution in [0.1, 0.15) is 16.7 Å². The van der Waals surface area contributed by atoms with E-state index in [4.69, 9.17) is 11.6 Å². The molecule has 7 heteroatoms. The van der Waals surface area contributed by atoms with Crippen molar-refractivity contribution in [2.24, 2.45) is 0 Å². The molecule has 3 aromatic carbocycles. The van der Waals surface area contributed by atoms with E-state index in [1.54, 1.807) is 12.1 Å². The van der Waals surface area contributed by atoms with Crippen LogP contribution in [0.25, 0.3) is 0 Å². The molecule has 0 saturated carbocycles. The molecule has 0 aliphatic heterocycles. The van der Waals surface area contributed by atoms with Crippen molar-refractivity contribution in [3.8, 4) is 0 Å². The molecule has 0 radical (unpaired) electrons. The van der Waals surface area contributed by atoms with E-state index in [-0.39, 0.29) is 18.0 Å². The lowest BCUT2D eigenvalue weighted by Gasteiger charge is -2.22. The molecule has 0 aromatic heterocycles. The summed E-state index contributed by atoms with van der Waals surface area (Å²) in [5, 5.41) is 3.20. The second-order valence-corrected chi connectivity index (χ2v) is 9.50. The van der Waals surface area contributed by atoms with Crippen LogP contribution in [0, 0.1) is 13.8 Å². The first kappa shape index (κ1) is 22.0. The number of nitrogens with one attached hydrogen (secondary N) is 1. The van der Waals surface area contributed by atoms with Gasteiger partial charge in [-0.1, -0.05) is 59.1 Å². The second-order valence-electron chi connectivity index (χ2n) is 7.13. The molecule has 0 saturated heterocycles. The van der Waals surface area contributed by atoms with Gasteiger partial charge < -0.3 is 5.32 Å². The van der Waals surface area contributed by atoms with Gasteiger partial charge in [-0.2, -0.15) is 4.31 Å². The van der Waals surface area contributed by atoms with E-state index in [0.29, 0.717) is 10.7 Å². The van der Waals surface area contributed by atoms with E-state index in [9.17, 15) is 13.2 Å². The molecule has 5 nitrogen and oxygen atoms in total. The Labute approximate surface area is 182 Å². The zero-order valence-electron chi connectivity index (χ0n) is 16.8. The summed E-state index contributed by atoms with van der Waals surface area (Å²) < 4.78 is 27.7. The number of carbonyl (C=O) groups excluding carboxylic acids is 1. The molecule has 1 amide bonds. The lowest BCUT2D eigenvalue weighted by molar-refractivity contribution is -0.116. The third-order valence-electron chi connectivity index (χ3n) is 4.55. The van der Waals surface area contributed by atoms with E-state index in [2.05, 4.69) is 5.32 Å². The number of benzene rings is 3. The van der Waals surface area contributed by atoms with Crippen LogP contribution < -0.4 is 5.32 Å². The number of nitrogens with zero attached hydrogens (tertiary/aromatic N) is 1. The number of halogens is 1. The van der Waals surface area contributed by atoms with Gasteiger partial charge in [0.2, 0.25) is 15.9 Å². The molecule has 156 valence electrons. The van der Waals surface area contributed by atoms with Crippen LogP contribution in [0.2, 0.25) is 5.02 Å². The van der Waals surface area contributed by atoms with Gasteiger partial charge >= 0.3 is 0 Å². The molecule has 0 fully saturated rings. The summed E-state index contributed by atoms with van der Waals surface area (Å²) in [7, 11) is -3.91. The van der Waals surface area contributed by atoms with Crippen LogP contribution in [0.15, 0.2) is 77.7 Å². The number of anilines is 1. The Morgan fingerprint density at radius 1 is 0.933 bits per heavy atom. The Morgan fingerprint density at radius 2 is 1.60 bits per heavy atom. The van der Waals surface area contributed by atoms with E-state index >= 15 is 0 Å². The highest BCUT2D eigenvalue weighted by Gasteiger charge is 2.27. The molecular weight excluding hydrogens is 420 g/mol. The molecule has 30 heavy (non-hydrogen) atoms. The fourth-order valence-corrected chi connectivity index (χ4v) is 4.50. The third-order valence-corrected chi connectivity index (χ3v) is 6.61. The smallest absolute Gasteiger partial charge is 0.243 e. The third kappa shape index (κ3) is 5.69. The minimum Gasteiger partial charge on any atom is -0.325 e. The summed E-state index contributed by atoms with van der Waals surface area (Å²) >= 11 is 5.90. The molecule has 0 atom stereocenters. The van der Waals surface area contributed by atoms with Crippen LogP contribution in [-0.2, 0) is 21.4 Å². The van der Waals surface area contributed by atoms with Gasteiger partial charge in [-0.3, -0.25) is 4.79 Å². The quantitative estimate of drug-likeness (QED) is 0.572. The van der Waals surface area contributed by atoms with Crippen LogP contribution in [0.3, 0.4) is 0 Å². The lowest BCUT2D eigenvalue weighted by Crippen LogP contribution is -2.37. The number of sulfonamides is 1. The summed E-state index contributed by atoms with van der Waals surface area (Å²) in [4.78, 5) is 12.7. The Morgan fingerprint density at radius 3 is 2.23 bits per heavy atom. The van der Waals surface area contributed by atoms with Gasteiger partial charge in [0, 0.05) is 17.3 Å². The molecule has 0 heterocycles. The van der Waals surface area contributed by atoms with Crippen LogP contribution in [0.4, 0.5) is 5.69 Å². The van der Waals surface area contributed by atoms with Gasteiger partial charge in [-0.25, -0.2) is 8.42 Å². The van der Waals surface area contributed by atoms with Crippen molar-refractivity contribution < 1.29 is 13.2 Å². The van der Waals surface area contributed by atoms with Crippen LogP contribution >= 0.6 is 11.6 Å². The summed E-state index contributed by atoms with van der Waals surface area (Å²) in [6.45, 7) is 3.65. The standard InChI is InChI=1S/C23H23ClN2O3S/c1-17-6-10-21(11-7-17)25-23(27)16-26(15-19-5-3-4-18(2)14-19)30(28,29)22-12-8-20(24)9-13-22/h3-14H,15-16H2,1-2H3,(H,25,27). The highest BCUT2D eigenvalue weighted by Crippen LogP contribution is 2.21. The Bertz CT molecular complexity index is 1130. The molecule has 0 unspecified atom stereocenters. The first-order valence-electron chi connectivity index (χ1n) is 9.42. The van der Waals surface area contributed by atoms with Crippen molar-refractivity contribution in [1.29, 1.82) is 0 Å². The van der Waals surface area contributed by atoms with Crippen molar-refractivity contribution in [2.75, 3.05) is 11.9 Å². The maximum absolute atomic E-state index is 13.3. The van der Waals surface area contributed by atoms with Gasteiger partial charge in [0.15, 0.2) is 0 Å². The van der Waals surface area contributed by atoms with Crippen molar-refractivity contribution in [1.82, 2.24) is 4.31 Å². The lowest BCUT2D eigenvalue weighted by atomic mass is 10.1. The fourth-order valence-electron chi connectivity index (χ4n) is 2.99. The maximum atomic E-state index is 13.3. The number of rotatable bonds is 7. The predicted molar refractivity (Wildman–Crippen MR) is 120 cm³/mol. The number of hydrogen-bond donors (Lipinski definition) is 1. The summed E-state index contributed by atoms with van der Waals surface area (Å²) in [6, 6.07) is 20.8. The van der Waals surface area contributed by atoms with E-state index in [1.807, 2.05) is 50.2 Å². The van der Waals surface area contributed by atoms with E-state index < -0.39 is 15.9 Å². The zero-order chi connectivity index (χ0) is 21.7. The SMILES string of the molecule is Cc1ccc(NC(=O)CN(Cc2cccc(C)c2)S(=O)(=O)c2ccc(Cl)cc2)cc1. The predicted octanol–water partition coefficient (Wildman–Crippen LogP) is 4.79. The molecule has 3 rings (SSSR count). The summed E-state index contributed by atoms with van der Waals surface area (Å²) in [5.74, 6) is -0.413. The van der Waals surface area contributed by atoms with E-state index in [0.717, 1.165) is 16.7 Å². The summed E-state index contributed by atoms with van der Waals surface area (Å²) in [5.41, 5.74) is 3.50. The zero-order valence-corrected chi connectivity index (χ0v) is 18.4. The molecule has 0 aliphatic rings. The first-order chi connectivity index (χ1) is 14.2. The van der Waals surface area contributed by atoms with Gasteiger partial charge in [0.1, 0.15) is 0 Å². The highest BCUT2D eigenvalue weighted by molar-refractivity contribution is 7.89. The van der Waals surface area contributed by atoms with Crippen LogP contribution in [0.5, 0.6) is 0 Å². The Hall–Kier alpha value is -2.67. The summed E-state index contributed by atoms with van der Waals surface area (Å²) in [6.07, 6.45) is 0. The molecule has 0 bridgehead atoms. The normalized spacial score (nSPS) is 11.5. The fraction of sp³-hybridized carbons (Fsp3) is 0.174. The topological polar surface area (TPSA) is 66.5 Å². The molecule has 1 N–H and O–H groups in total. The monoisotopic (exact) mass is 442 g/mol. The minimum absolute atomic E-state index is 0.0773. The number of amides is 1. The largest absolute Gasteiger partial charge is 0.325 e. The Kier molecular flexibility index (Phi) is 6.92. The van der Waals surface area contributed by atoms with Gasteiger partial charge in [0.25, 0.3) is 0 Å². The van der Waals surface area contributed by atoms with Gasteiger partial charge in [0.05, 0.1) is 11.4 Å². The number of hydrogen-bond acceptors (Lipinski definition) is 3. The second kappa shape index (κ2) is 9.43. The molecule has 3 aromatic rings. The molecular formula is C23H23ClN2O3S. The number of carbonyl (C=O) groups is 1. The van der Waals surface area contributed by atoms with Crippen molar-refractivity contribution >= 4 is 33.2 Å². The average Bonchev–Trinajstić information content (AvgIpc) is 2.69. The van der Waals surface area contributed by atoms with Crippen LogP contribution in [-0.4, -0.2) is 25.2 Å². The molecule has 0 aliphatic carbocycles. The van der Waals surface area contributed by atoms with E-state index in [1.165, 1.54) is 28.6 Å². The maximum Gasteiger partial charge on any atom is 0.243 e. The highest BCUT2D eigenvalue weighted by atomic mass is 35.5. The van der Waals surface area contributed by atoms with Crippen molar-refractivity contribution in [3.05, 3.63) is 94.5 Å². The van der Waals surface area contributed by atoms with Gasteiger partial charge in [-0.05, 0) is 55.8 Å².